The monoisotopic (exact) mass is 206 g/mol. The minimum absolute atomic E-state index is 0.394. The van der Waals surface area contributed by atoms with Gasteiger partial charge in [0.25, 0.3) is 0 Å². The summed E-state index contributed by atoms with van der Waals surface area (Å²) in [5.41, 5.74) is -0.394. The van der Waals surface area contributed by atoms with Crippen molar-refractivity contribution in [1.82, 2.24) is 14.9 Å². The summed E-state index contributed by atoms with van der Waals surface area (Å²) < 4.78 is 2.03. The van der Waals surface area contributed by atoms with Gasteiger partial charge in [-0.2, -0.15) is 5.26 Å². The van der Waals surface area contributed by atoms with Crippen molar-refractivity contribution in [2.75, 3.05) is 6.54 Å². The van der Waals surface area contributed by atoms with Crippen molar-refractivity contribution in [3.63, 3.8) is 0 Å². The van der Waals surface area contributed by atoms with Crippen molar-refractivity contribution < 1.29 is 0 Å². The predicted molar refractivity (Wildman–Crippen MR) is 59.2 cm³/mol. The fourth-order valence-electron chi connectivity index (χ4n) is 1.61. The molecule has 4 heteroatoms. The Bertz CT molecular complexity index is 312. The van der Waals surface area contributed by atoms with Gasteiger partial charge in [0.2, 0.25) is 0 Å². The standard InChI is InChI=1S/C11H18N4/c1-3-14-11(2,9-12)5-4-7-15-8-6-13-10-15/h6,8,10,14H,3-5,7H2,1-2H3. The summed E-state index contributed by atoms with van der Waals surface area (Å²) in [7, 11) is 0. The van der Waals surface area contributed by atoms with Crippen LogP contribution < -0.4 is 5.32 Å². The van der Waals surface area contributed by atoms with E-state index in [9.17, 15) is 0 Å². The van der Waals surface area contributed by atoms with E-state index in [0.717, 1.165) is 25.9 Å². The van der Waals surface area contributed by atoms with Gasteiger partial charge in [-0.1, -0.05) is 6.92 Å². The number of aromatic nitrogens is 2. The summed E-state index contributed by atoms with van der Waals surface area (Å²) in [6.07, 6.45) is 7.35. The van der Waals surface area contributed by atoms with E-state index in [0.29, 0.717) is 0 Å². The molecule has 1 atom stereocenters. The summed E-state index contributed by atoms with van der Waals surface area (Å²) in [5, 5.41) is 12.2. The molecule has 0 aliphatic heterocycles. The van der Waals surface area contributed by atoms with E-state index in [1.807, 2.05) is 24.6 Å². The van der Waals surface area contributed by atoms with Crippen molar-refractivity contribution in [2.45, 2.75) is 38.8 Å². The van der Waals surface area contributed by atoms with Gasteiger partial charge in [-0.3, -0.25) is 5.32 Å². The Hall–Kier alpha value is -1.34. The van der Waals surface area contributed by atoms with Gasteiger partial charge in [0.1, 0.15) is 5.54 Å². The third-order valence-electron chi connectivity index (χ3n) is 2.47. The maximum Gasteiger partial charge on any atom is 0.103 e. The average Bonchev–Trinajstić information content (AvgIpc) is 2.71. The molecule has 0 spiro atoms. The van der Waals surface area contributed by atoms with Crippen LogP contribution in [0, 0.1) is 11.3 Å². The van der Waals surface area contributed by atoms with Crippen molar-refractivity contribution in [3.05, 3.63) is 18.7 Å². The second-order valence-electron chi connectivity index (χ2n) is 3.88. The molecule has 15 heavy (non-hydrogen) atoms. The molecule has 0 aromatic carbocycles. The Balaban J connectivity index is 2.32. The van der Waals surface area contributed by atoms with Gasteiger partial charge in [-0.25, -0.2) is 4.98 Å². The summed E-state index contributed by atoms with van der Waals surface area (Å²) in [5.74, 6) is 0. The molecule has 0 saturated heterocycles. The second kappa shape index (κ2) is 5.52. The van der Waals surface area contributed by atoms with Crippen LogP contribution in [0.5, 0.6) is 0 Å². The van der Waals surface area contributed by atoms with E-state index >= 15 is 0 Å². The lowest BCUT2D eigenvalue weighted by molar-refractivity contribution is 0.403. The van der Waals surface area contributed by atoms with Crippen LogP contribution in [0.3, 0.4) is 0 Å². The number of nitrogens with one attached hydrogen (secondary N) is 1. The Morgan fingerprint density at radius 3 is 2.93 bits per heavy atom. The normalized spacial score (nSPS) is 14.5. The van der Waals surface area contributed by atoms with Crippen molar-refractivity contribution in [3.8, 4) is 6.07 Å². The predicted octanol–water partition coefficient (Wildman–Crippen LogP) is 1.56. The number of imidazole rings is 1. The SMILES string of the molecule is CCNC(C)(C#N)CCCn1ccnc1. The molecule has 0 aliphatic rings. The van der Waals surface area contributed by atoms with E-state index < -0.39 is 5.54 Å². The van der Waals surface area contributed by atoms with Crippen LogP contribution in [0.2, 0.25) is 0 Å². The molecule has 1 aromatic heterocycles. The Labute approximate surface area is 90.9 Å². The lowest BCUT2D eigenvalue weighted by Gasteiger charge is -2.22. The van der Waals surface area contributed by atoms with Gasteiger partial charge in [0.05, 0.1) is 12.4 Å². The molecule has 4 nitrogen and oxygen atoms in total. The Morgan fingerprint density at radius 1 is 1.60 bits per heavy atom. The van der Waals surface area contributed by atoms with Crippen molar-refractivity contribution >= 4 is 0 Å². The second-order valence-corrected chi connectivity index (χ2v) is 3.88. The zero-order valence-corrected chi connectivity index (χ0v) is 9.40. The summed E-state index contributed by atoms with van der Waals surface area (Å²) in [4.78, 5) is 3.98. The van der Waals surface area contributed by atoms with Gasteiger partial charge in [-0.05, 0) is 26.3 Å². The first-order valence-electron chi connectivity index (χ1n) is 5.32. The molecule has 82 valence electrons. The molecule has 0 fully saturated rings. The molecular weight excluding hydrogens is 188 g/mol. The topological polar surface area (TPSA) is 53.6 Å². The summed E-state index contributed by atoms with van der Waals surface area (Å²) >= 11 is 0. The smallest absolute Gasteiger partial charge is 0.103 e. The van der Waals surface area contributed by atoms with Gasteiger partial charge in [-0.15, -0.1) is 0 Å². The molecule has 0 bridgehead atoms. The molecule has 0 amide bonds. The van der Waals surface area contributed by atoms with Crippen LogP contribution in [0.25, 0.3) is 0 Å². The molecule has 1 heterocycles. The Morgan fingerprint density at radius 2 is 2.40 bits per heavy atom. The number of rotatable bonds is 6. The van der Waals surface area contributed by atoms with Crippen molar-refractivity contribution in [1.29, 1.82) is 5.26 Å². The van der Waals surface area contributed by atoms with Gasteiger partial charge in [0.15, 0.2) is 0 Å². The minimum atomic E-state index is -0.394. The first-order valence-corrected chi connectivity index (χ1v) is 5.32. The number of nitrogens with zero attached hydrogens (tertiary/aromatic N) is 3. The maximum absolute atomic E-state index is 9.04. The molecule has 0 saturated carbocycles. The third kappa shape index (κ3) is 3.72. The van der Waals surface area contributed by atoms with Gasteiger partial charge >= 0.3 is 0 Å². The van der Waals surface area contributed by atoms with E-state index in [1.54, 1.807) is 12.5 Å². The molecule has 1 rings (SSSR count). The van der Waals surface area contributed by atoms with Gasteiger partial charge in [0, 0.05) is 18.9 Å². The number of nitriles is 1. The van der Waals surface area contributed by atoms with Crippen LogP contribution in [-0.2, 0) is 6.54 Å². The van der Waals surface area contributed by atoms with E-state index in [4.69, 9.17) is 5.26 Å². The first-order chi connectivity index (χ1) is 7.20. The summed E-state index contributed by atoms with van der Waals surface area (Å²) in [6, 6.07) is 2.32. The Kier molecular flexibility index (Phi) is 4.32. The van der Waals surface area contributed by atoms with E-state index in [2.05, 4.69) is 16.4 Å². The fourth-order valence-corrected chi connectivity index (χ4v) is 1.61. The van der Waals surface area contributed by atoms with Crippen LogP contribution in [0.1, 0.15) is 26.7 Å². The highest BCUT2D eigenvalue weighted by Gasteiger charge is 2.21. The summed E-state index contributed by atoms with van der Waals surface area (Å²) in [6.45, 7) is 5.72. The average molecular weight is 206 g/mol. The number of hydrogen-bond acceptors (Lipinski definition) is 3. The molecule has 0 aliphatic carbocycles. The highest BCUT2D eigenvalue weighted by molar-refractivity contribution is 5.03. The molecular formula is C11H18N4. The minimum Gasteiger partial charge on any atom is -0.337 e. The molecule has 0 radical (unpaired) electrons. The number of aryl methyl sites for hydroxylation is 1. The molecule has 1 unspecified atom stereocenters. The van der Waals surface area contributed by atoms with Crippen LogP contribution in [0.4, 0.5) is 0 Å². The lowest BCUT2D eigenvalue weighted by atomic mass is 9.98. The van der Waals surface area contributed by atoms with Crippen LogP contribution in [-0.4, -0.2) is 21.6 Å². The zero-order chi connectivity index (χ0) is 11.1. The highest BCUT2D eigenvalue weighted by atomic mass is 15.0. The van der Waals surface area contributed by atoms with E-state index in [1.165, 1.54) is 0 Å². The quantitative estimate of drug-likeness (QED) is 0.768. The highest BCUT2D eigenvalue weighted by Crippen LogP contribution is 2.11. The third-order valence-corrected chi connectivity index (χ3v) is 2.47. The van der Waals surface area contributed by atoms with Crippen LogP contribution in [0.15, 0.2) is 18.7 Å². The largest absolute Gasteiger partial charge is 0.337 e. The maximum atomic E-state index is 9.04. The molecule has 1 N–H and O–H groups in total. The number of hydrogen-bond donors (Lipinski definition) is 1. The first kappa shape index (κ1) is 11.7. The van der Waals surface area contributed by atoms with Crippen LogP contribution >= 0.6 is 0 Å². The van der Waals surface area contributed by atoms with E-state index in [-0.39, 0.29) is 0 Å². The van der Waals surface area contributed by atoms with Gasteiger partial charge < -0.3 is 4.57 Å². The fraction of sp³-hybridized carbons (Fsp3) is 0.636. The zero-order valence-electron chi connectivity index (χ0n) is 9.40. The van der Waals surface area contributed by atoms with Crippen molar-refractivity contribution in [2.24, 2.45) is 0 Å². The molecule has 1 aromatic rings. The lowest BCUT2D eigenvalue weighted by Crippen LogP contribution is -2.40.